The zero-order valence-corrected chi connectivity index (χ0v) is 12.9. The number of hydrogen-bond donors (Lipinski definition) is 2. The van der Waals surface area contributed by atoms with Gasteiger partial charge in [-0.25, -0.2) is 4.72 Å². The van der Waals surface area contributed by atoms with Gasteiger partial charge < -0.3 is 9.50 Å². The van der Waals surface area contributed by atoms with Gasteiger partial charge in [0, 0.05) is 6.20 Å². The van der Waals surface area contributed by atoms with E-state index in [-0.39, 0.29) is 0 Å². The molecule has 7 heteroatoms. The van der Waals surface area contributed by atoms with Gasteiger partial charge in [-0.15, -0.1) is 0 Å². The van der Waals surface area contributed by atoms with Crippen LogP contribution < -0.4 is 14.2 Å². The highest BCUT2D eigenvalue weighted by atomic mass is 32.2. The number of nitrogens with zero attached hydrogens (tertiary/aromatic N) is 1. The summed E-state index contributed by atoms with van der Waals surface area (Å²) in [6.45, 7) is 0. The van der Waals surface area contributed by atoms with E-state index in [1.165, 1.54) is 6.20 Å². The number of rotatable bonds is 7. The number of aromatic nitrogens is 1. The molecule has 1 heterocycles. The van der Waals surface area contributed by atoms with Crippen molar-refractivity contribution in [1.29, 1.82) is 0 Å². The Bertz CT molecular complexity index is 622. The van der Waals surface area contributed by atoms with Crippen molar-refractivity contribution in [2.24, 2.45) is 0 Å². The number of amides is 1. The van der Waals surface area contributed by atoms with Gasteiger partial charge in [-0.05, 0) is 31.2 Å². The van der Waals surface area contributed by atoms with Gasteiger partial charge in [-0.3, -0.25) is 9.78 Å². The van der Waals surface area contributed by atoms with E-state index in [4.69, 9.17) is 4.18 Å². The van der Waals surface area contributed by atoms with Gasteiger partial charge in [-0.1, -0.05) is 30.3 Å². The topological polar surface area (TPSA) is 80.3 Å². The van der Waals surface area contributed by atoms with Crippen LogP contribution in [0.5, 0.6) is 5.75 Å². The lowest BCUT2D eigenvalue weighted by molar-refractivity contribution is -0.121. The van der Waals surface area contributed by atoms with Crippen molar-refractivity contribution < 1.29 is 13.2 Å². The Morgan fingerprint density at radius 1 is 1.27 bits per heavy atom. The quantitative estimate of drug-likeness (QED) is 0.795. The number of pyridine rings is 1. The predicted octanol–water partition coefficient (Wildman–Crippen LogP) is 0.986. The van der Waals surface area contributed by atoms with Crippen LogP contribution in [0.25, 0.3) is 0 Å². The molecule has 2 rings (SSSR count). The number of nitrogens with one attached hydrogen (secondary N) is 2. The zero-order chi connectivity index (χ0) is 15.8. The fraction of sp³-hybridized carbons (Fsp3) is 0.200. The highest BCUT2D eigenvalue weighted by molar-refractivity contribution is 7.79. The molecule has 1 aromatic carbocycles. The maximum atomic E-state index is 12.1. The highest BCUT2D eigenvalue weighted by Gasteiger charge is 2.19. The van der Waals surface area contributed by atoms with Crippen molar-refractivity contribution >= 4 is 17.2 Å². The summed E-state index contributed by atoms with van der Waals surface area (Å²) in [5.41, 5.74) is 1.01. The molecular weight excluding hydrogens is 302 g/mol. The lowest BCUT2D eigenvalue weighted by Gasteiger charge is -2.15. The van der Waals surface area contributed by atoms with E-state index in [0.29, 0.717) is 12.2 Å². The molecule has 6 nitrogen and oxygen atoms in total. The average molecular weight is 319 g/mol. The van der Waals surface area contributed by atoms with Crippen LogP contribution in [0.4, 0.5) is 0 Å². The third kappa shape index (κ3) is 4.94. The Morgan fingerprint density at radius 3 is 2.68 bits per heavy atom. The third-order valence-corrected chi connectivity index (χ3v) is 3.65. The summed E-state index contributed by atoms with van der Waals surface area (Å²) in [7, 11) is 1.68. The molecule has 0 radical (unpaired) electrons. The van der Waals surface area contributed by atoms with Crippen LogP contribution >= 0.6 is 0 Å². The molecule has 0 bridgehead atoms. The second-order valence-electron chi connectivity index (χ2n) is 4.50. The molecule has 0 aliphatic carbocycles. The van der Waals surface area contributed by atoms with Gasteiger partial charge >= 0.3 is 11.3 Å². The van der Waals surface area contributed by atoms with Gasteiger partial charge in [0.25, 0.3) is 5.91 Å². The Labute approximate surface area is 131 Å². The van der Waals surface area contributed by atoms with Crippen LogP contribution in [0, 0.1) is 0 Å². The molecular formula is C15H17N3O3S. The monoisotopic (exact) mass is 319 g/mol. The van der Waals surface area contributed by atoms with Crippen LogP contribution in [-0.2, 0) is 22.5 Å². The van der Waals surface area contributed by atoms with Crippen LogP contribution in [-0.4, -0.2) is 28.2 Å². The molecule has 2 unspecified atom stereocenters. The molecule has 0 spiro atoms. The van der Waals surface area contributed by atoms with Gasteiger partial charge in [0.1, 0.15) is 0 Å². The number of carbonyl (C=O) groups is 1. The fourth-order valence-corrected chi connectivity index (χ4v) is 2.46. The van der Waals surface area contributed by atoms with Crippen molar-refractivity contribution in [2.75, 3.05) is 7.05 Å². The summed E-state index contributed by atoms with van der Waals surface area (Å²) in [6, 6.07) is 12.4. The SMILES string of the molecule is CNC(Cc1ccccc1)C(=O)NS(=O)Oc1cccnc1. The predicted molar refractivity (Wildman–Crippen MR) is 84.1 cm³/mol. The summed E-state index contributed by atoms with van der Waals surface area (Å²) in [5, 5.41) is 2.91. The smallest absolute Gasteiger partial charge is 0.318 e. The van der Waals surface area contributed by atoms with E-state index >= 15 is 0 Å². The summed E-state index contributed by atoms with van der Waals surface area (Å²) in [5.74, 6) is -0.0706. The molecule has 2 atom stereocenters. The van der Waals surface area contributed by atoms with Gasteiger partial charge in [0.2, 0.25) is 0 Å². The Hall–Kier alpha value is -2.25. The molecule has 22 heavy (non-hydrogen) atoms. The minimum Gasteiger partial charge on any atom is -0.383 e. The van der Waals surface area contributed by atoms with E-state index in [1.807, 2.05) is 30.3 Å². The second-order valence-corrected chi connectivity index (χ2v) is 5.34. The van der Waals surface area contributed by atoms with Crippen molar-refractivity contribution in [3.63, 3.8) is 0 Å². The maximum Gasteiger partial charge on any atom is 0.318 e. The normalized spacial score (nSPS) is 13.1. The minimum absolute atomic E-state index is 0.324. The number of hydrogen-bond acceptors (Lipinski definition) is 5. The molecule has 2 aromatic rings. The van der Waals surface area contributed by atoms with Crippen LogP contribution in [0.2, 0.25) is 0 Å². The molecule has 0 saturated carbocycles. The van der Waals surface area contributed by atoms with Gasteiger partial charge in [0.05, 0.1) is 12.2 Å². The van der Waals surface area contributed by atoms with Crippen molar-refractivity contribution in [2.45, 2.75) is 12.5 Å². The first-order chi connectivity index (χ1) is 10.7. The maximum absolute atomic E-state index is 12.1. The Kier molecular flexibility index (Phi) is 6.05. The number of carbonyl (C=O) groups excluding carboxylic acids is 1. The molecule has 2 N–H and O–H groups in total. The summed E-state index contributed by atoms with van der Waals surface area (Å²) in [6.07, 6.45) is 3.49. The molecule has 0 saturated heterocycles. The minimum atomic E-state index is -1.96. The zero-order valence-electron chi connectivity index (χ0n) is 12.1. The summed E-state index contributed by atoms with van der Waals surface area (Å²) in [4.78, 5) is 16.0. The first kappa shape index (κ1) is 16.1. The third-order valence-electron chi connectivity index (χ3n) is 2.94. The fourth-order valence-electron chi connectivity index (χ4n) is 1.83. The van der Waals surface area contributed by atoms with E-state index in [9.17, 15) is 9.00 Å². The Morgan fingerprint density at radius 2 is 2.05 bits per heavy atom. The van der Waals surface area contributed by atoms with Crippen molar-refractivity contribution in [1.82, 2.24) is 15.0 Å². The largest absolute Gasteiger partial charge is 0.383 e. The standard InChI is InChI=1S/C15H17N3O3S/c1-16-14(10-12-6-3-2-4-7-12)15(19)18-22(20)21-13-8-5-9-17-11-13/h2-9,11,14,16H,10H2,1H3,(H,18,19). The average Bonchev–Trinajstić information content (AvgIpc) is 2.54. The van der Waals surface area contributed by atoms with E-state index in [0.717, 1.165) is 5.56 Å². The summed E-state index contributed by atoms with van der Waals surface area (Å²) < 4.78 is 19.2. The van der Waals surface area contributed by atoms with Gasteiger partial charge in [-0.2, -0.15) is 4.21 Å². The van der Waals surface area contributed by atoms with E-state index in [2.05, 4.69) is 15.0 Å². The highest BCUT2D eigenvalue weighted by Crippen LogP contribution is 2.07. The molecule has 0 aliphatic heterocycles. The van der Waals surface area contributed by atoms with Crippen molar-refractivity contribution in [3.05, 3.63) is 60.4 Å². The molecule has 116 valence electrons. The lowest BCUT2D eigenvalue weighted by Crippen LogP contribution is -2.45. The lowest BCUT2D eigenvalue weighted by atomic mass is 10.1. The van der Waals surface area contributed by atoms with E-state index < -0.39 is 23.2 Å². The Balaban J connectivity index is 1.90. The first-order valence-electron chi connectivity index (χ1n) is 6.71. The van der Waals surface area contributed by atoms with Crippen LogP contribution in [0.1, 0.15) is 5.56 Å². The van der Waals surface area contributed by atoms with Crippen LogP contribution in [0.15, 0.2) is 54.9 Å². The number of likely N-dealkylation sites (N-methyl/N-ethyl adjacent to an activating group) is 1. The number of benzene rings is 1. The molecule has 1 amide bonds. The van der Waals surface area contributed by atoms with Gasteiger partial charge in [0.15, 0.2) is 5.75 Å². The summed E-state index contributed by atoms with van der Waals surface area (Å²) >= 11 is -1.96. The van der Waals surface area contributed by atoms with Crippen molar-refractivity contribution in [3.8, 4) is 5.75 Å². The van der Waals surface area contributed by atoms with Crippen LogP contribution in [0.3, 0.4) is 0 Å². The molecule has 0 aliphatic rings. The second kappa shape index (κ2) is 8.26. The first-order valence-corrected chi connectivity index (χ1v) is 7.78. The molecule has 0 fully saturated rings. The van der Waals surface area contributed by atoms with E-state index in [1.54, 1.807) is 25.4 Å². The molecule has 1 aromatic heterocycles.